The van der Waals surface area contributed by atoms with E-state index < -0.39 is 0 Å². The molecule has 2 aliphatic rings. The summed E-state index contributed by atoms with van der Waals surface area (Å²) in [5, 5.41) is 0. The van der Waals surface area contributed by atoms with Gasteiger partial charge in [0.25, 0.3) is 0 Å². The quantitative estimate of drug-likeness (QED) is 0.145. The molecule has 3 nitrogen and oxygen atoms in total. The van der Waals surface area contributed by atoms with E-state index in [1.165, 1.54) is 55.9 Å². The van der Waals surface area contributed by atoms with Gasteiger partial charge in [-0.2, -0.15) is 0 Å². The van der Waals surface area contributed by atoms with Crippen LogP contribution in [-0.2, 0) is 12.8 Å². The Labute approximate surface area is 346 Å². The van der Waals surface area contributed by atoms with Crippen molar-refractivity contribution in [3.05, 3.63) is 247 Å². The Morgan fingerprint density at radius 2 is 0.407 bits per heavy atom. The highest BCUT2D eigenvalue weighted by Gasteiger charge is 2.26. The number of nitrogens with zero attached hydrogens (tertiary/aromatic N) is 3. The van der Waals surface area contributed by atoms with Crippen LogP contribution in [0.5, 0.6) is 0 Å². The lowest BCUT2D eigenvalue weighted by atomic mass is 10.0. The van der Waals surface area contributed by atoms with Crippen molar-refractivity contribution in [3.63, 3.8) is 0 Å². The van der Waals surface area contributed by atoms with E-state index in [4.69, 9.17) is 0 Å². The predicted molar refractivity (Wildman–Crippen MR) is 247 cm³/mol. The molecule has 0 atom stereocenters. The third kappa shape index (κ3) is 6.34. The van der Waals surface area contributed by atoms with E-state index in [9.17, 15) is 0 Å². The van der Waals surface area contributed by atoms with Crippen molar-refractivity contribution in [1.82, 2.24) is 0 Å². The molecule has 9 aromatic carbocycles. The van der Waals surface area contributed by atoms with Crippen LogP contribution in [0.2, 0.25) is 0 Å². The van der Waals surface area contributed by atoms with Crippen molar-refractivity contribution in [2.45, 2.75) is 12.8 Å². The lowest BCUT2D eigenvalue weighted by Crippen LogP contribution is -2.10. The van der Waals surface area contributed by atoms with E-state index in [1.807, 2.05) is 0 Å². The number of hydrogen-bond acceptors (Lipinski definition) is 3. The number of hydrogen-bond donors (Lipinski definition) is 0. The normalized spacial score (nSPS) is 11.9. The molecule has 0 N–H and O–H groups in total. The first-order chi connectivity index (χ1) is 29.2. The van der Waals surface area contributed by atoms with Crippen molar-refractivity contribution in [3.8, 4) is 22.3 Å². The molecule has 0 unspecified atom stereocenters. The minimum absolute atomic E-state index is 0.886. The third-order valence-corrected chi connectivity index (χ3v) is 11.8. The average molecular weight is 756 g/mol. The minimum Gasteiger partial charge on any atom is -0.310 e. The second kappa shape index (κ2) is 14.7. The number of fused-ring (bicyclic) bond motifs is 6. The zero-order chi connectivity index (χ0) is 39.1. The van der Waals surface area contributed by atoms with Crippen molar-refractivity contribution in [1.29, 1.82) is 0 Å². The first kappa shape index (κ1) is 34.6. The topological polar surface area (TPSA) is 9.72 Å². The summed E-state index contributed by atoms with van der Waals surface area (Å²) >= 11 is 0. The largest absolute Gasteiger partial charge is 0.310 e. The van der Waals surface area contributed by atoms with Gasteiger partial charge >= 0.3 is 0 Å². The Balaban J connectivity index is 0.923. The molecule has 0 fully saturated rings. The summed E-state index contributed by atoms with van der Waals surface area (Å²) in [7, 11) is 0. The molecule has 0 saturated heterocycles. The highest BCUT2D eigenvalue weighted by molar-refractivity contribution is 5.88. The van der Waals surface area contributed by atoms with Gasteiger partial charge in [-0.3, -0.25) is 0 Å². The molecule has 11 rings (SSSR count). The van der Waals surface area contributed by atoms with Crippen LogP contribution in [0.1, 0.15) is 22.3 Å². The molecule has 2 aliphatic carbocycles. The summed E-state index contributed by atoms with van der Waals surface area (Å²) < 4.78 is 0. The van der Waals surface area contributed by atoms with Gasteiger partial charge in [-0.15, -0.1) is 0 Å². The SMILES string of the molecule is c1ccc(N(c2ccccc2)c2ccc3c(c2)Cc2cc(N(c4ccccc4)c4ccc5c(c4)Cc4cc(N(c6ccccc6)c6ccccc6)ccc4-5)ccc2-3)cc1. The number of para-hydroxylation sites is 5. The van der Waals surface area contributed by atoms with Crippen LogP contribution in [0.25, 0.3) is 22.3 Å². The first-order valence-corrected chi connectivity index (χ1v) is 20.4. The molecule has 0 amide bonds. The van der Waals surface area contributed by atoms with E-state index in [0.717, 1.165) is 52.7 Å². The monoisotopic (exact) mass is 755 g/mol. The van der Waals surface area contributed by atoms with E-state index >= 15 is 0 Å². The fourth-order valence-corrected chi connectivity index (χ4v) is 9.15. The Kier molecular flexibility index (Phi) is 8.63. The Hall–Kier alpha value is -7.62. The fourth-order valence-electron chi connectivity index (χ4n) is 9.15. The smallest absolute Gasteiger partial charge is 0.0464 e. The maximum absolute atomic E-state index is 2.42. The minimum atomic E-state index is 0.886. The van der Waals surface area contributed by atoms with Crippen LogP contribution in [0.3, 0.4) is 0 Å². The first-order valence-electron chi connectivity index (χ1n) is 20.4. The van der Waals surface area contributed by atoms with Gasteiger partial charge in [0.2, 0.25) is 0 Å². The number of benzene rings is 9. The average Bonchev–Trinajstić information content (AvgIpc) is 3.85. The number of rotatable bonds is 9. The highest BCUT2D eigenvalue weighted by Crippen LogP contribution is 2.47. The van der Waals surface area contributed by atoms with Crippen molar-refractivity contribution >= 4 is 51.2 Å². The summed E-state index contributed by atoms with van der Waals surface area (Å²) in [5.74, 6) is 0. The van der Waals surface area contributed by atoms with Gasteiger partial charge in [-0.05, 0) is 167 Å². The van der Waals surface area contributed by atoms with Crippen LogP contribution in [0.4, 0.5) is 51.2 Å². The van der Waals surface area contributed by atoms with Crippen LogP contribution in [0.15, 0.2) is 224 Å². The van der Waals surface area contributed by atoms with Gasteiger partial charge in [-0.1, -0.05) is 115 Å². The van der Waals surface area contributed by atoms with E-state index in [-0.39, 0.29) is 0 Å². The predicted octanol–water partition coefficient (Wildman–Crippen LogP) is 15.2. The molecule has 0 bridgehead atoms. The maximum Gasteiger partial charge on any atom is 0.0464 e. The highest BCUT2D eigenvalue weighted by atomic mass is 15.2. The zero-order valence-electron chi connectivity index (χ0n) is 32.6. The standard InChI is InChI=1S/C56H41N3/c1-6-16-44(17-7-1)57(45-18-8-2-9-19-45)49-26-30-53-40(36-49)34-42-38-51(28-32-55(42)53)59(48-24-14-5-15-25-48)52-29-33-56-43(39-52)35-41-37-50(27-31-54(41)56)58(46-20-10-3-11-21-46)47-22-12-4-13-23-47/h1-33,36-39H,34-35H2. The van der Waals surface area contributed by atoms with Gasteiger partial charge in [0.05, 0.1) is 0 Å². The fraction of sp³-hybridized carbons (Fsp3) is 0.0357. The molecule has 0 saturated carbocycles. The molecule has 9 aromatic rings. The number of anilines is 9. The molecule has 0 aromatic heterocycles. The Bertz CT molecular complexity index is 2670. The van der Waals surface area contributed by atoms with Gasteiger partial charge in [0.15, 0.2) is 0 Å². The zero-order valence-corrected chi connectivity index (χ0v) is 32.6. The Morgan fingerprint density at radius 1 is 0.203 bits per heavy atom. The van der Waals surface area contributed by atoms with E-state index in [0.29, 0.717) is 0 Å². The summed E-state index contributed by atoms with van der Waals surface area (Å²) in [5.41, 5.74) is 21.1. The molecule has 0 spiro atoms. The molecule has 0 heterocycles. The molecule has 59 heavy (non-hydrogen) atoms. The van der Waals surface area contributed by atoms with Crippen molar-refractivity contribution < 1.29 is 0 Å². The summed E-state index contributed by atoms with van der Waals surface area (Å²) in [6.07, 6.45) is 1.77. The molecular formula is C56H41N3. The molecule has 3 heteroatoms. The maximum atomic E-state index is 2.42. The van der Waals surface area contributed by atoms with Crippen LogP contribution in [-0.4, -0.2) is 0 Å². The summed E-state index contributed by atoms with van der Waals surface area (Å²) in [6, 6.07) is 81.4. The van der Waals surface area contributed by atoms with Gasteiger partial charge in [0, 0.05) is 51.2 Å². The van der Waals surface area contributed by atoms with Crippen molar-refractivity contribution in [2.24, 2.45) is 0 Å². The summed E-state index contributed by atoms with van der Waals surface area (Å²) in [6.45, 7) is 0. The van der Waals surface area contributed by atoms with Crippen LogP contribution < -0.4 is 14.7 Å². The van der Waals surface area contributed by atoms with Gasteiger partial charge < -0.3 is 14.7 Å². The van der Waals surface area contributed by atoms with Gasteiger partial charge in [-0.25, -0.2) is 0 Å². The second-order valence-corrected chi connectivity index (χ2v) is 15.4. The van der Waals surface area contributed by atoms with Crippen LogP contribution >= 0.6 is 0 Å². The Morgan fingerprint density at radius 3 is 0.627 bits per heavy atom. The summed E-state index contributed by atoms with van der Waals surface area (Å²) in [4.78, 5) is 7.12. The molecular weight excluding hydrogens is 715 g/mol. The van der Waals surface area contributed by atoms with E-state index in [1.54, 1.807) is 0 Å². The van der Waals surface area contributed by atoms with Gasteiger partial charge in [0.1, 0.15) is 0 Å². The second-order valence-electron chi connectivity index (χ2n) is 15.4. The van der Waals surface area contributed by atoms with Crippen LogP contribution in [0, 0.1) is 0 Å². The van der Waals surface area contributed by atoms with Crippen molar-refractivity contribution in [2.75, 3.05) is 14.7 Å². The lowest BCUT2D eigenvalue weighted by molar-refractivity contribution is 1.21. The molecule has 0 aliphatic heterocycles. The lowest BCUT2D eigenvalue weighted by Gasteiger charge is -2.26. The molecule has 0 radical (unpaired) electrons. The van der Waals surface area contributed by atoms with E-state index in [2.05, 4.69) is 239 Å². The molecule has 280 valence electrons. The third-order valence-electron chi connectivity index (χ3n) is 11.8.